The van der Waals surface area contributed by atoms with E-state index in [-0.39, 0.29) is 5.43 Å². The van der Waals surface area contributed by atoms with E-state index in [0.717, 1.165) is 18.4 Å². The Kier molecular flexibility index (Phi) is 4.77. The number of hydrogen-bond acceptors (Lipinski definition) is 2. The molecule has 0 atom stereocenters. The van der Waals surface area contributed by atoms with E-state index in [9.17, 15) is 4.79 Å². The molecule has 0 aliphatic rings. The molecule has 0 bridgehead atoms. The summed E-state index contributed by atoms with van der Waals surface area (Å²) < 4.78 is 5.47. The average Bonchev–Trinajstić information content (AvgIpc) is 2.42. The monoisotopic (exact) mass is 218 g/mol. The highest BCUT2D eigenvalue weighted by Gasteiger charge is 2.04. The van der Waals surface area contributed by atoms with E-state index in [1.807, 2.05) is 19.1 Å². The van der Waals surface area contributed by atoms with Crippen molar-refractivity contribution in [2.45, 2.75) is 26.7 Å². The van der Waals surface area contributed by atoms with Crippen molar-refractivity contribution < 1.29 is 4.74 Å². The largest absolute Gasteiger partial charge is 0.489 e. The average molecular weight is 218 g/mol. The molecule has 0 aliphatic carbocycles. The van der Waals surface area contributed by atoms with Crippen LogP contribution in [0.3, 0.4) is 0 Å². The SMILES string of the molecule is C=C(C)c1ccccc(OCCCC)c1=O. The van der Waals surface area contributed by atoms with E-state index in [2.05, 4.69) is 13.5 Å². The van der Waals surface area contributed by atoms with Crippen molar-refractivity contribution in [3.05, 3.63) is 46.6 Å². The minimum absolute atomic E-state index is 0.0754. The number of hydrogen-bond donors (Lipinski definition) is 0. The Morgan fingerprint density at radius 1 is 1.38 bits per heavy atom. The highest BCUT2D eigenvalue weighted by Crippen LogP contribution is 2.10. The van der Waals surface area contributed by atoms with Crippen LogP contribution in [0.15, 0.2) is 35.6 Å². The molecule has 1 aromatic rings. The van der Waals surface area contributed by atoms with Gasteiger partial charge in [0.2, 0.25) is 5.43 Å². The zero-order valence-electron chi connectivity index (χ0n) is 9.95. The van der Waals surface area contributed by atoms with E-state index < -0.39 is 0 Å². The predicted molar refractivity (Wildman–Crippen MR) is 67.8 cm³/mol. The standard InChI is InChI=1S/C14H18O2/c1-4-5-10-16-13-9-7-6-8-12(11(2)3)14(13)15/h6-9H,2,4-5,10H2,1,3H3. The first-order valence-corrected chi connectivity index (χ1v) is 5.58. The first kappa shape index (κ1) is 12.5. The lowest BCUT2D eigenvalue weighted by Gasteiger charge is -2.03. The molecule has 0 radical (unpaired) electrons. The Hall–Kier alpha value is -1.57. The Labute approximate surface area is 96.6 Å². The smallest absolute Gasteiger partial charge is 0.227 e. The van der Waals surface area contributed by atoms with Gasteiger partial charge in [-0.1, -0.05) is 38.1 Å². The van der Waals surface area contributed by atoms with Gasteiger partial charge in [0.15, 0.2) is 5.75 Å². The highest BCUT2D eigenvalue weighted by atomic mass is 16.5. The van der Waals surface area contributed by atoms with Crippen LogP contribution in [0.5, 0.6) is 5.75 Å². The van der Waals surface area contributed by atoms with E-state index in [1.54, 1.807) is 12.1 Å². The summed E-state index contributed by atoms with van der Waals surface area (Å²) in [5, 5.41) is 0. The summed E-state index contributed by atoms with van der Waals surface area (Å²) in [6, 6.07) is 7.13. The second kappa shape index (κ2) is 6.11. The van der Waals surface area contributed by atoms with Gasteiger partial charge in [-0.3, -0.25) is 4.79 Å². The van der Waals surface area contributed by atoms with Crippen LogP contribution in [-0.2, 0) is 0 Å². The second-order valence-electron chi connectivity index (χ2n) is 3.81. The topological polar surface area (TPSA) is 26.3 Å². The molecule has 0 aromatic heterocycles. The van der Waals surface area contributed by atoms with Gasteiger partial charge in [-0.05, 0) is 25.0 Å². The predicted octanol–water partition coefficient (Wildman–Crippen LogP) is 3.26. The van der Waals surface area contributed by atoms with Gasteiger partial charge in [0.05, 0.1) is 6.61 Å². The highest BCUT2D eigenvalue weighted by molar-refractivity contribution is 5.61. The van der Waals surface area contributed by atoms with Crippen LogP contribution in [0.4, 0.5) is 0 Å². The van der Waals surface area contributed by atoms with Gasteiger partial charge in [0, 0.05) is 5.56 Å². The number of allylic oxidation sites excluding steroid dienone is 1. The molecule has 0 N–H and O–H groups in total. The van der Waals surface area contributed by atoms with Crippen LogP contribution in [0, 0.1) is 0 Å². The summed E-state index contributed by atoms with van der Waals surface area (Å²) in [6.07, 6.45) is 2.01. The maximum Gasteiger partial charge on any atom is 0.227 e. The van der Waals surface area contributed by atoms with E-state index in [0.29, 0.717) is 17.9 Å². The summed E-state index contributed by atoms with van der Waals surface area (Å²) in [4.78, 5) is 12.0. The van der Waals surface area contributed by atoms with Crippen molar-refractivity contribution in [3.8, 4) is 5.75 Å². The molecule has 0 saturated carbocycles. The first-order valence-electron chi connectivity index (χ1n) is 5.58. The minimum Gasteiger partial charge on any atom is -0.489 e. The molecule has 0 unspecified atom stereocenters. The van der Waals surface area contributed by atoms with Gasteiger partial charge in [-0.25, -0.2) is 0 Å². The van der Waals surface area contributed by atoms with E-state index in [1.165, 1.54) is 0 Å². The van der Waals surface area contributed by atoms with Gasteiger partial charge < -0.3 is 4.74 Å². The fourth-order valence-electron chi connectivity index (χ4n) is 1.36. The fraction of sp³-hybridized carbons (Fsp3) is 0.357. The lowest BCUT2D eigenvalue weighted by atomic mass is 10.1. The molecular formula is C14H18O2. The maximum absolute atomic E-state index is 12.0. The van der Waals surface area contributed by atoms with Crippen molar-refractivity contribution in [2.75, 3.05) is 6.61 Å². The molecule has 0 saturated heterocycles. The molecular weight excluding hydrogens is 200 g/mol. The lowest BCUT2D eigenvalue weighted by molar-refractivity contribution is 0.307. The van der Waals surface area contributed by atoms with Crippen molar-refractivity contribution in [3.63, 3.8) is 0 Å². The molecule has 0 fully saturated rings. The van der Waals surface area contributed by atoms with Crippen LogP contribution >= 0.6 is 0 Å². The number of unbranched alkanes of at least 4 members (excludes halogenated alkanes) is 1. The summed E-state index contributed by atoms with van der Waals surface area (Å²) in [5.41, 5.74) is 1.31. The molecule has 0 amide bonds. The third kappa shape index (κ3) is 3.23. The van der Waals surface area contributed by atoms with Gasteiger partial charge in [-0.15, -0.1) is 0 Å². The number of rotatable bonds is 5. The Balaban J connectivity index is 3.02. The van der Waals surface area contributed by atoms with Crippen LogP contribution in [0.2, 0.25) is 0 Å². The van der Waals surface area contributed by atoms with Crippen molar-refractivity contribution in [1.29, 1.82) is 0 Å². The van der Waals surface area contributed by atoms with Crippen molar-refractivity contribution in [1.82, 2.24) is 0 Å². The minimum atomic E-state index is -0.0754. The molecule has 1 aromatic carbocycles. The maximum atomic E-state index is 12.0. The second-order valence-corrected chi connectivity index (χ2v) is 3.81. The summed E-state index contributed by atoms with van der Waals surface area (Å²) in [7, 11) is 0. The summed E-state index contributed by atoms with van der Waals surface area (Å²) in [5.74, 6) is 0.413. The molecule has 0 spiro atoms. The Morgan fingerprint density at radius 2 is 2.06 bits per heavy atom. The third-order valence-electron chi connectivity index (χ3n) is 2.31. The summed E-state index contributed by atoms with van der Waals surface area (Å²) in [6.45, 7) is 8.30. The molecule has 86 valence electrons. The van der Waals surface area contributed by atoms with Gasteiger partial charge in [0.1, 0.15) is 0 Å². The zero-order valence-corrected chi connectivity index (χ0v) is 9.95. The zero-order chi connectivity index (χ0) is 12.0. The van der Waals surface area contributed by atoms with Gasteiger partial charge in [-0.2, -0.15) is 0 Å². The normalized spacial score (nSPS) is 9.88. The lowest BCUT2D eigenvalue weighted by Crippen LogP contribution is -2.10. The van der Waals surface area contributed by atoms with Crippen molar-refractivity contribution in [2.24, 2.45) is 0 Å². The van der Waals surface area contributed by atoms with Crippen LogP contribution < -0.4 is 10.2 Å². The quantitative estimate of drug-likeness (QED) is 0.709. The van der Waals surface area contributed by atoms with Gasteiger partial charge >= 0.3 is 0 Å². The Bertz CT molecular complexity index is 421. The van der Waals surface area contributed by atoms with Crippen LogP contribution in [0.1, 0.15) is 32.3 Å². The number of ether oxygens (including phenoxy) is 1. The molecule has 0 aliphatic heterocycles. The first-order chi connectivity index (χ1) is 7.66. The Morgan fingerprint density at radius 3 is 2.69 bits per heavy atom. The molecule has 0 heterocycles. The third-order valence-corrected chi connectivity index (χ3v) is 2.31. The molecule has 16 heavy (non-hydrogen) atoms. The van der Waals surface area contributed by atoms with Crippen LogP contribution in [-0.4, -0.2) is 6.61 Å². The molecule has 2 heteroatoms. The van der Waals surface area contributed by atoms with E-state index >= 15 is 0 Å². The van der Waals surface area contributed by atoms with Gasteiger partial charge in [0.25, 0.3) is 0 Å². The van der Waals surface area contributed by atoms with Crippen LogP contribution in [0.25, 0.3) is 5.57 Å². The van der Waals surface area contributed by atoms with E-state index in [4.69, 9.17) is 4.74 Å². The summed E-state index contributed by atoms with van der Waals surface area (Å²) >= 11 is 0. The molecule has 1 rings (SSSR count). The van der Waals surface area contributed by atoms with Crippen molar-refractivity contribution >= 4 is 5.57 Å². The fourth-order valence-corrected chi connectivity index (χ4v) is 1.36. The molecule has 2 nitrogen and oxygen atoms in total.